The highest BCUT2D eigenvalue weighted by Gasteiger charge is 2.38. The molecule has 0 radical (unpaired) electrons. The van der Waals surface area contributed by atoms with Crippen molar-refractivity contribution in [3.63, 3.8) is 0 Å². The molecule has 1 fully saturated rings. The van der Waals surface area contributed by atoms with Crippen molar-refractivity contribution in [2.24, 2.45) is 0 Å². The number of benzene rings is 2. The molecule has 1 saturated heterocycles. The maximum Gasteiger partial charge on any atom is 0.255 e. The molecule has 1 aliphatic heterocycles. The standard InChI is InChI=1S/C19H21NO7S2/c1-26-17-8-5-14(11-18(17)27-2)20-19(21)13-3-6-15(7-4-13)29(24,25)16-9-10-28(22,23)12-16/h3-8,11,16H,9-10,12H2,1-2H3,(H,20,21)/t16-/m1/s1. The van der Waals surface area contributed by atoms with Crippen LogP contribution in [0.25, 0.3) is 0 Å². The van der Waals surface area contributed by atoms with Gasteiger partial charge in [0.05, 0.1) is 35.9 Å². The summed E-state index contributed by atoms with van der Waals surface area (Å²) in [6, 6.07) is 10.3. The molecule has 156 valence electrons. The summed E-state index contributed by atoms with van der Waals surface area (Å²) < 4.78 is 58.8. The molecule has 0 aromatic heterocycles. The zero-order valence-corrected chi connectivity index (χ0v) is 17.5. The number of anilines is 1. The van der Waals surface area contributed by atoms with Crippen molar-refractivity contribution in [2.45, 2.75) is 16.6 Å². The summed E-state index contributed by atoms with van der Waals surface area (Å²) in [6.07, 6.45) is 0.0895. The van der Waals surface area contributed by atoms with Crippen LogP contribution in [0.3, 0.4) is 0 Å². The smallest absolute Gasteiger partial charge is 0.255 e. The van der Waals surface area contributed by atoms with Crippen LogP contribution in [0.4, 0.5) is 5.69 Å². The molecular formula is C19H21NO7S2. The Bertz CT molecular complexity index is 1120. The lowest BCUT2D eigenvalue weighted by molar-refractivity contribution is 0.102. The molecule has 1 N–H and O–H groups in total. The molecule has 2 aromatic carbocycles. The second-order valence-corrected chi connectivity index (χ2v) is 11.1. The molecule has 1 atom stereocenters. The number of hydrogen-bond acceptors (Lipinski definition) is 7. The number of methoxy groups -OCH3 is 2. The van der Waals surface area contributed by atoms with Crippen molar-refractivity contribution in [2.75, 3.05) is 31.0 Å². The van der Waals surface area contributed by atoms with Gasteiger partial charge in [0.25, 0.3) is 5.91 Å². The van der Waals surface area contributed by atoms with E-state index in [-0.39, 0.29) is 28.4 Å². The molecular weight excluding hydrogens is 418 g/mol. The third kappa shape index (κ3) is 4.54. The van der Waals surface area contributed by atoms with Gasteiger partial charge in [0, 0.05) is 17.3 Å². The number of carbonyl (C=O) groups excluding carboxylic acids is 1. The lowest BCUT2D eigenvalue weighted by Crippen LogP contribution is -2.22. The third-order valence-corrected chi connectivity index (χ3v) is 8.90. The Balaban J connectivity index is 1.75. The first-order valence-electron chi connectivity index (χ1n) is 8.74. The Hall–Kier alpha value is -2.59. The van der Waals surface area contributed by atoms with E-state index in [2.05, 4.69) is 5.32 Å². The maximum absolute atomic E-state index is 12.6. The van der Waals surface area contributed by atoms with Crippen molar-refractivity contribution in [3.05, 3.63) is 48.0 Å². The van der Waals surface area contributed by atoms with Crippen LogP contribution in [0.15, 0.2) is 47.4 Å². The molecule has 0 spiro atoms. The Morgan fingerprint density at radius 2 is 1.69 bits per heavy atom. The second kappa shape index (κ2) is 8.03. The predicted molar refractivity (Wildman–Crippen MR) is 108 cm³/mol. The van der Waals surface area contributed by atoms with Gasteiger partial charge in [-0.3, -0.25) is 4.79 Å². The van der Waals surface area contributed by atoms with Crippen LogP contribution in [0, 0.1) is 0 Å². The summed E-state index contributed by atoms with van der Waals surface area (Å²) in [6.45, 7) is 0. The van der Waals surface area contributed by atoms with E-state index >= 15 is 0 Å². The van der Waals surface area contributed by atoms with Crippen molar-refractivity contribution < 1.29 is 31.1 Å². The van der Waals surface area contributed by atoms with E-state index in [0.29, 0.717) is 17.2 Å². The number of nitrogens with one attached hydrogen (secondary N) is 1. The predicted octanol–water partition coefficient (Wildman–Crippen LogP) is 1.92. The first-order valence-corrected chi connectivity index (χ1v) is 12.1. The quantitative estimate of drug-likeness (QED) is 0.731. The normalized spacial score (nSPS) is 18.2. The van der Waals surface area contributed by atoms with Gasteiger partial charge in [-0.1, -0.05) is 0 Å². The second-order valence-electron chi connectivity index (χ2n) is 6.62. The molecule has 3 rings (SSSR count). The van der Waals surface area contributed by atoms with E-state index < -0.39 is 30.8 Å². The van der Waals surface area contributed by atoms with Crippen molar-refractivity contribution in [1.82, 2.24) is 0 Å². The first kappa shape index (κ1) is 21.1. The lowest BCUT2D eigenvalue weighted by Gasteiger charge is -2.12. The largest absolute Gasteiger partial charge is 0.493 e. The van der Waals surface area contributed by atoms with Gasteiger partial charge >= 0.3 is 0 Å². The molecule has 0 aliphatic carbocycles. The van der Waals surface area contributed by atoms with Crippen LogP contribution in [-0.4, -0.2) is 53.7 Å². The van der Waals surface area contributed by atoms with E-state index in [1.54, 1.807) is 18.2 Å². The summed E-state index contributed by atoms with van der Waals surface area (Å²) in [7, 11) is -4.09. The molecule has 10 heteroatoms. The van der Waals surface area contributed by atoms with Gasteiger partial charge in [-0.2, -0.15) is 0 Å². The average Bonchev–Trinajstić information content (AvgIpc) is 3.08. The van der Waals surface area contributed by atoms with Gasteiger partial charge in [0.15, 0.2) is 31.2 Å². The summed E-state index contributed by atoms with van der Waals surface area (Å²) in [5.41, 5.74) is 0.748. The minimum absolute atomic E-state index is 0.00210. The van der Waals surface area contributed by atoms with E-state index in [1.165, 1.54) is 38.5 Å². The number of rotatable bonds is 6. The van der Waals surface area contributed by atoms with E-state index in [1.807, 2.05) is 0 Å². The van der Waals surface area contributed by atoms with Crippen LogP contribution >= 0.6 is 0 Å². The summed E-state index contributed by atoms with van der Waals surface area (Å²) in [5.74, 6) is 0.0661. The minimum atomic E-state index is -3.77. The zero-order valence-electron chi connectivity index (χ0n) is 15.9. The third-order valence-electron chi connectivity index (χ3n) is 4.72. The SMILES string of the molecule is COc1ccc(NC(=O)c2ccc(S(=O)(=O)[C@@H]3CCS(=O)(=O)C3)cc2)cc1OC. The summed E-state index contributed by atoms with van der Waals surface area (Å²) >= 11 is 0. The van der Waals surface area contributed by atoms with Gasteiger partial charge in [-0.15, -0.1) is 0 Å². The monoisotopic (exact) mass is 439 g/mol. The van der Waals surface area contributed by atoms with Gasteiger partial charge in [-0.25, -0.2) is 16.8 Å². The first-order chi connectivity index (χ1) is 13.7. The highest BCUT2D eigenvalue weighted by molar-refractivity contribution is 7.96. The van der Waals surface area contributed by atoms with E-state index in [9.17, 15) is 21.6 Å². The molecule has 1 amide bonds. The maximum atomic E-state index is 12.6. The van der Waals surface area contributed by atoms with Crippen molar-refractivity contribution in [1.29, 1.82) is 0 Å². The fourth-order valence-corrected chi connectivity index (χ4v) is 7.47. The number of carbonyl (C=O) groups is 1. The minimum Gasteiger partial charge on any atom is -0.493 e. The van der Waals surface area contributed by atoms with Gasteiger partial charge in [0.2, 0.25) is 0 Å². The summed E-state index contributed by atoms with van der Waals surface area (Å²) in [5, 5.41) is 1.76. The number of sulfone groups is 2. The van der Waals surface area contributed by atoms with Crippen LogP contribution < -0.4 is 14.8 Å². The molecule has 2 aromatic rings. The summed E-state index contributed by atoms with van der Waals surface area (Å²) in [4.78, 5) is 12.5. The van der Waals surface area contributed by atoms with E-state index in [4.69, 9.17) is 9.47 Å². The topological polar surface area (TPSA) is 116 Å². The highest BCUT2D eigenvalue weighted by atomic mass is 32.2. The Morgan fingerprint density at radius 1 is 1.03 bits per heavy atom. The zero-order chi connectivity index (χ0) is 21.2. The number of ether oxygens (including phenoxy) is 2. The fourth-order valence-electron chi connectivity index (χ4n) is 3.11. The van der Waals surface area contributed by atoms with Crippen molar-refractivity contribution >= 4 is 31.3 Å². The Morgan fingerprint density at radius 3 is 2.24 bits per heavy atom. The van der Waals surface area contributed by atoms with Gasteiger partial charge in [0.1, 0.15) is 0 Å². The van der Waals surface area contributed by atoms with E-state index in [0.717, 1.165) is 0 Å². The average molecular weight is 440 g/mol. The highest BCUT2D eigenvalue weighted by Crippen LogP contribution is 2.30. The molecule has 29 heavy (non-hydrogen) atoms. The molecule has 0 bridgehead atoms. The van der Waals surface area contributed by atoms with Crippen LogP contribution in [0.1, 0.15) is 16.8 Å². The van der Waals surface area contributed by atoms with Crippen LogP contribution in [0.2, 0.25) is 0 Å². The molecule has 1 heterocycles. The van der Waals surface area contributed by atoms with Gasteiger partial charge in [-0.05, 0) is 42.8 Å². The number of hydrogen-bond donors (Lipinski definition) is 1. The molecule has 0 saturated carbocycles. The Labute approximate surface area is 169 Å². The van der Waals surface area contributed by atoms with Crippen LogP contribution in [-0.2, 0) is 19.7 Å². The lowest BCUT2D eigenvalue weighted by atomic mass is 10.2. The molecule has 0 unspecified atom stereocenters. The fraction of sp³-hybridized carbons (Fsp3) is 0.316. The Kier molecular flexibility index (Phi) is 5.85. The molecule has 8 nitrogen and oxygen atoms in total. The van der Waals surface area contributed by atoms with Gasteiger partial charge < -0.3 is 14.8 Å². The van der Waals surface area contributed by atoms with Crippen molar-refractivity contribution in [3.8, 4) is 11.5 Å². The van der Waals surface area contributed by atoms with Crippen LogP contribution in [0.5, 0.6) is 11.5 Å². The number of amides is 1. The molecule has 1 aliphatic rings.